The predicted octanol–water partition coefficient (Wildman–Crippen LogP) is 2.58. The fourth-order valence-corrected chi connectivity index (χ4v) is 2.52. The number of hydrogen-bond donors (Lipinski definition) is 3. The molecule has 0 saturated carbocycles. The Morgan fingerprint density at radius 3 is 2.44 bits per heavy atom. The minimum Gasteiger partial charge on any atom is -0.399 e. The van der Waals surface area contributed by atoms with Crippen molar-refractivity contribution >= 4 is 38.3 Å². The fraction of sp³-hybridized carbons (Fsp3) is 0. The largest absolute Gasteiger partial charge is 0.399 e. The second-order valence-corrected chi connectivity index (χ2v) is 5.03. The highest BCUT2D eigenvalue weighted by atomic mass is 79.9. The summed E-state index contributed by atoms with van der Waals surface area (Å²) in [6.07, 6.45) is 0. The molecule has 0 aliphatic rings. The molecule has 0 atom stereocenters. The number of benzene rings is 2. The lowest BCUT2D eigenvalue weighted by Crippen LogP contribution is -2.03. The minimum absolute atomic E-state index is 0.716. The van der Waals surface area contributed by atoms with E-state index in [1.54, 1.807) is 0 Å². The Kier molecular flexibility index (Phi) is 2.48. The summed E-state index contributed by atoms with van der Waals surface area (Å²) >= 11 is 3.49. The van der Waals surface area contributed by atoms with Crippen molar-refractivity contribution < 1.29 is 4.98 Å². The molecule has 0 amide bonds. The van der Waals surface area contributed by atoms with Gasteiger partial charge in [-0.05, 0) is 46.3 Å². The number of aromatic nitrogens is 2. The van der Waals surface area contributed by atoms with Crippen LogP contribution in [0.4, 0.5) is 11.4 Å². The van der Waals surface area contributed by atoms with Crippen LogP contribution < -0.4 is 16.5 Å². The Balaban J connectivity index is 2.19. The number of halogens is 1. The van der Waals surface area contributed by atoms with Crippen LogP contribution in [-0.4, -0.2) is 4.98 Å². The van der Waals surface area contributed by atoms with E-state index in [9.17, 15) is 0 Å². The van der Waals surface area contributed by atoms with E-state index in [1.165, 1.54) is 0 Å². The summed E-state index contributed by atoms with van der Waals surface area (Å²) in [7, 11) is 0. The van der Waals surface area contributed by atoms with Crippen LogP contribution in [0.3, 0.4) is 0 Å². The Bertz CT molecular complexity index is 716. The first-order chi connectivity index (χ1) is 8.63. The van der Waals surface area contributed by atoms with Gasteiger partial charge in [-0.15, -0.1) is 0 Å². The number of imidazole rings is 1. The first kappa shape index (κ1) is 11.1. The van der Waals surface area contributed by atoms with Gasteiger partial charge in [0.2, 0.25) is 0 Å². The average Bonchev–Trinajstić information content (AvgIpc) is 2.74. The van der Waals surface area contributed by atoms with Gasteiger partial charge in [0, 0.05) is 17.4 Å². The van der Waals surface area contributed by atoms with Gasteiger partial charge in [0.1, 0.15) is 0 Å². The van der Waals surface area contributed by atoms with Gasteiger partial charge in [-0.3, -0.25) is 0 Å². The molecule has 0 spiro atoms. The molecule has 3 aromatic rings. The van der Waals surface area contributed by atoms with Crippen molar-refractivity contribution in [2.75, 3.05) is 11.5 Å². The first-order valence-electron chi connectivity index (χ1n) is 5.49. The van der Waals surface area contributed by atoms with E-state index in [4.69, 9.17) is 11.5 Å². The monoisotopic (exact) mass is 303 g/mol. The third-order valence-electron chi connectivity index (χ3n) is 2.82. The van der Waals surface area contributed by atoms with Crippen molar-refractivity contribution in [3.63, 3.8) is 0 Å². The average molecular weight is 304 g/mol. The molecular weight excluding hydrogens is 292 g/mol. The Morgan fingerprint density at radius 2 is 1.72 bits per heavy atom. The van der Waals surface area contributed by atoms with Crippen LogP contribution in [0.15, 0.2) is 40.9 Å². The number of nitrogen functional groups attached to an aromatic ring is 2. The zero-order valence-electron chi connectivity index (χ0n) is 9.50. The maximum atomic E-state index is 5.81. The number of anilines is 2. The molecule has 0 saturated heterocycles. The van der Waals surface area contributed by atoms with E-state index in [0.717, 1.165) is 32.6 Å². The van der Waals surface area contributed by atoms with Gasteiger partial charge in [-0.2, -0.15) is 0 Å². The van der Waals surface area contributed by atoms with E-state index in [2.05, 4.69) is 25.9 Å². The van der Waals surface area contributed by atoms with Crippen molar-refractivity contribution in [1.82, 2.24) is 4.98 Å². The van der Waals surface area contributed by atoms with Crippen LogP contribution in [0.1, 0.15) is 0 Å². The highest BCUT2D eigenvalue weighted by Gasteiger charge is 2.15. The topological polar surface area (TPSA) is 82.0 Å². The molecule has 0 unspecified atom stereocenters. The number of H-pyrrole nitrogens is 2. The highest BCUT2D eigenvalue weighted by molar-refractivity contribution is 9.10. The minimum atomic E-state index is 0.716. The fourth-order valence-electron chi connectivity index (χ4n) is 1.94. The van der Waals surface area contributed by atoms with Crippen LogP contribution in [0, 0.1) is 0 Å². The summed E-state index contributed by atoms with van der Waals surface area (Å²) in [4.78, 5) is 6.63. The zero-order valence-corrected chi connectivity index (χ0v) is 11.1. The number of hydrogen-bond acceptors (Lipinski definition) is 2. The van der Waals surface area contributed by atoms with Crippen LogP contribution >= 0.6 is 15.9 Å². The van der Waals surface area contributed by atoms with E-state index in [1.807, 2.05) is 36.4 Å². The van der Waals surface area contributed by atoms with E-state index >= 15 is 0 Å². The number of fused-ring (bicyclic) bond motifs is 1. The lowest BCUT2D eigenvalue weighted by atomic mass is 10.2. The Labute approximate surface area is 112 Å². The normalized spacial score (nSPS) is 10.9. The molecule has 18 heavy (non-hydrogen) atoms. The molecule has 0 bridgehead atoms. The van der Waals surface area contributed by atoms with Crippen molar-refractivity contribution in [3.05, 3.63) is 40.9 Å². The van der Waals surface area contributed by atoms with Gasteiger partial charge in [-0.25, -0.2) is 9.97 Å². The molecule has 0 aliphatic carbocycles. The molecule has 4 nitrogen and oxygen atoms in total. The molecule has 6 N–H and O–H groups in total. The van der Waals surface area contributed by atoms with Crippen molar-refractivity contribution in [2.24, 2.45) is 0 Å². The van der Waals surface area contributed by atoms with E-state index in [-0.39, 0.29) is 0 Å². The standard InChI is InChI=1S/C13H11BrN4/c14-10-5-9(16)6-11-12(10)18-13(17-11)7-1-3-8(15)4-2-7/h1-6H,15-16H2,(H,17,18)/p+1. The maximum Gasteiger partial charge on any atom is 0.285 e. The van der Waals surface area contributed by atoms with Gasteiger partial charge in [0.05, 0.1) is 10.0 Å². The summed E-state index contributed by atoms with van der Waals surface area (Å²) in [6, 6.07) is 11.5. The van der Waals surface area contributed by atoms with Crippen LogP contribution in [0.25, 0.3) is 22.4 Å². The summed E-state index contributed by atoms with van der Waals surface area (Å²) in [5, 5.41) is 0. The SMILES string of the molecule is Nc1ccc(-c2[nH]c3cc(N)cc(Br)c3[nH+]2)cc1. The quantitative estimate of drug-likeness (QED) is 0.604. The number of nitrogens with two attached hydrogens (primary N) is 2. The summed E-state index contributed by atoms with van der Waals surface area (Å²) in [5.74, 6) is 0.927. The van der Waals surface area contributed by atoms with Crippen molar-refractivity contribution in [2.45, 2.75) is 0 Å². The zero-order chi connectivity index (χ0) is 12.7. The second-order valence-electron chi connectivity index (χ2n) is 4.17. The van der Waals surface area contributed by atoms with Crippen LogP contribution in [0.5, 0.6) is 0 Å². The van der Waals surface area contributed by atoms with Crippen LogP contribution in [0.2, 0.25) is 0 Å². The second kappa shape index (κ2) is 4.03. The third kappa shape index (κ3) is 1.82. The molecule has 0 aliphatic heterocycles. The van der Waals surface area contributed by atoms with E-state index in [0.29, 0.717) is 5.69 Å². The summed E-state index contributed by atoms with van der Waals surface area (Å²) in [5.41, 5.74) is 16.0. The molecule has 0 radical (unpaired) electrons. The smallest absolute Gasteiger partial charge is 0.285 e. The third-order valence-corrected chi connectivity index (χ3v) is 3.45. The van der Waals surface area contributed by atoms with Gasteiger partial charge in [-0.1, -0.05) is 0 Å². The number of aromatic amines is 2. The van der Waals surface area contributed by atoms with Gasteiger partial charge >= 0.3 is 0 Å². The van der Waals surface area contributed by atoms with Gasteiger partial charge in [0.25, 0.3) is 5.82 Å². The molecular formula is C13H12BrN4+. The van der Waals surface area contributed by atoms with Gasteiger partial charge < -0.3 is 11.5 Å². The van der Waals surface area contributed by atoms with Crippen molar-refractivity contribution in [1.29, 1.82) is 0 Å². The van der Waals surface area contributed by atoms with E-state index < -0.39 is 0 Å². The first-order valence-corrected chi connectivity index (χ1v) is 6.29. The number of nitrogens with one attached hydrogen (secondary N) is 2. The van der Waals surface area contributed by atoms with Crippen LogP contribution in [-0.2, 0) is 0 Å². The Morgan fingerprint density at radius 1 is 1.00 bits per heavy atom. The van der Waals surface area contributed by atoms with Gasteiger partial charge in [0.15, 0.2) is 11.0 Å². The number of rotatable bonds is 1. The molecule has 1 heterocycles. The van der Waals surface area contributed by atoms with Crippen molar-refractivity contribution in [3.8, 4) is 11.4 Å². The molecule has 5 heteroatoms. The molecule has 2 aromatic carbocycles. The lowest BCUT2D eigenvalue weighted by molar-refractivity contribution is -0.331. The predicted molar refractivity (Wildman–Crippen MR) is 76.8 cm³/mol. The molecule has 1 aromatic heterocycles. The molecule has 3 rings (SSSR count). The summed E-state index contributed by atoms with van der Waals surface area (Å²) < 4.78 is 0.940. The molecule has 90 valence electrons. The maximum absolute atomic E-state index is 5.81. The highest BCUT2D eigenvalue weighted by Crippen LogP contribution is 2.25. The molecule has 0 fully saturated rings. The lowest BCUT2D eigenvalue weighted by Gasteiger charge is -1.93. The summed E-state index contributed by atoms with van der Waals surface area (Å²) in [6.45, 7) is 0. The Hall–Kier alpha value is -2.01.